The summed E-state index contributed by atoms with van der Waals surface area (Å²) in [6.07, 6.45) is 5.42. The van der Waals surface area contributed by atoms with Gasteiger partial charge in [-0.15, -0.1) is 24.0 Å². The SMILES string of the molecule is CCCCNC(=NCC(=O)N(C)C)NC1CCC(NC(=O)OC(C)(C)C)CC1.I. The Morgan fingerprint density at radius 3 is 2.10 bits per heavy atom. The van der Waals surface area contributed by atoms with Crippen LogP contribution in [-0.2, 0) is 9.53 Å². The molecule has 0 aliphatic heterocycles. The summed E-state index contributed by atoms with van der Waals surface area (Å²) in [4.78, 5) is 29.7. The zero-order chi connectivity index (χ0) is 21.2. The van der Waals surface area contributed by atoms with Crippen molar-refractivity contribution < 1.29 is 14.3 Å². The Morgan fingerprint density at radius 1 is 1.07 bits per heavy atom. The fraction of sp³-hybridized carbons (Fsp3) is 0.850. The molecule has 29 heavy (non-hydrogen) atoms. The summed E-state index contributed by atoms with van der Waals surface area (Å²) >= 11 is 0. The summed E-state index contributed by atoms with van der Waals surface area (Å²) in [5, 5.41) is 9.71. The van der Waals surface area contributed by atoms with Crippen molar-refractivity contribution in [2.24, 2.45) is 4.99 Å². The highest BCUT2D eigenvalue weighted by molar-refractivity contribution is 14.0. The van der Waals surface area contributed by atoms with Gasteiger partial charge in [0, 0.05) is 32.7 Å². The van der Waals surface area contributed by atoms with Crippen LogP contribution in [0.15, 0.2) is 4.99 Å². The average Bonchev–Trinajstić information content (AvgIpc) is 2.59. The monoisotopic (exact) mass is 525 g/mol. The number of nitrogens with one attached hydrogen (secondary N) is 3. The third-order valence-electron chi connectivity index (χ3n) is 4.48. The highest BCUT2D eigenvalue weighted by Crippen LogP contribution is 2.19. The molecule has 170 valence electrons. The number of likely N-dealkylation sites (N-methyl/N-ethyl adjacent to an activating group) is 1. The number of ether oxygens (including phenoxy) is 1. The molecule has 9 heteroatoms. The summed E-state index contributed by atoms with van der Waals surface area (Å²) in [7, 11) is 3.46. The molecule has 0 aromatic carbocycles. The Labute approximate surface area is 193 Å². The molecule has 0 spiro atoms. The second-order valence-corrected chi connectivity index (χ2v) is 8.57. The predicted octanol–water partition coefficient (Wildman–Crippen LogP) is 2.86. The van der Waals surface area contributed by atoms with E-state index in [9.17, 15) is 9.59 Å². The van der Waals surface area contributed by atoms with E-state index in [2.05, 4.69) is 27.9 Å². The molecule has 0 aromatic heterocycles. The number of amides is 2. The van der Waals surface area contributed by atoms with Crippen LogP contribution < -0.4 is 16.0 Å². The Hall–Kier alpha value is -1.26. The maximum atomic E-state index is 11.9. The summed E-state index contributed by atoms with van der Waals surface area (Å²) in [5.41, 5.74) is -0.484. The van der Waals surface area contributed by atoms with Gasteiger partial charge < -0.3 is 25.6 Å². The highest BCUT2D eigenvalue weighted by atomic mass is 127. The van der Waals surface area contributed by atoms with E-state index in [1.54, 1.807) is 19.0 Å². The summed E-state index contributed by atoms with van der Waals surface area (Å²) < 4.78 is 5.33. The second-order valence-electron chi connectivity index (χ2n) is 8.57. The lowest BCUT2D eigenvalue weighted by molar-refractivity contribution is -0.127. The van der Waals surface area contributed by atoms with Crippen LogP contribution in [0.1, 0.15) is 66.2 Å². The van der Waals surface area contributed by atoms with Crippen LogP contribution in [0.5, 0.6) is 0 Å². The van der Waals surface area contributed by atoms with Crippen molar-refractivity contribution in [2.75, 3.05) is 27.2 Å². The van der Waals surface area contributed by atoms with Gasteiger partial charge in [0.1, 0.15) is 12.1 Å². The minimum atomic E-state index is -0.484. The molecule has 0 unspecified atom stereocenters. The zero-order valence-electron chi connectivity index (χ0n) is 18.8. The molecule has 0 radical (unpaired) electrons. The first-order chi connectivity index (χ1) is 13.1. The number of guanidine groups is 1. The fourth-order valence-electron chi connectivity index (χ4n) is 2.87. The van der Waals surface area contributed by atoms with E-state index in [0.29, 0.717) is 5.96 Å². The largest absolute Gasteiger partial charge is 0.444 e. The normalized spacial score (nSPS) is 19.6. The Balaban J connectivity index is 0.00000784. The maximum absolute atomic E-state index is 11.9. The molecule has 0 atom stereocenters. The van der Waals surface area contributed by atoms with Crippen molar-refractivity contribution in [2.45, 2.75) is 83.9 Å². The van der Waals surface area contributed by atoms with E-state index in [0.717, 1.165) is 45.1 Å². The number of rotatable bonds is 7. The minimum Gasteiger partial charge on any atom is -0.444 e. The molecule has 2 amide bonds. The van der Waals surface area contributed by atoms with Crippen molar-refractivity contribution in [3.05, 3.63) is 0 Å². The van der Waals surface area contributed by atoms with Crippen LogP contribution in [0.3, 0.4) is 0 Å². The van der Waals surface area contributed by atoms with Crippen LogP contribution in [0.25, 0.3) is 0 Å². The van der Waals surface area contributed by atoms with Gasteiger partial charge in [0.15, 0.2) is 5.96 Å². The van der Waals surface area contributed by atoms with Gasteiger partial charge in [0.2, 0.25) is 5.91 Å². The van der Waals surface area contributed by atoms with Crippen molar-refractivity contribution in [3.63, 3.8) is 0 Å². The molecule has 8 nitrogen and oxygen atoms in total. The third kappa shape index (κ3) is 12.8. The zero-order valence-corrected chi connectivity index (χ0v) is 21.2. The molecule has 0 bridgehead atoms. The number of unbranched alkanes of at least 4 members (excludes halogenated alkanes) is 1. The van der Waals surface area contributed by atoms with Crippen molar-refractivity contribution in [1.29, 1.82) is 0 Å². The Bertz CT molecular complexity index is 527. The number of carbonyl (C=O) groups is 2. The summed E-state index contributed by atoms with van der Waals surface area (Å²) in [5.74, 6) is 0.661. The Kier molecular flexibility index (Phi) is 13.3. The lowest BCUT2D eigenvalue weighted by atomic mass is 9.91. The first-order valence-corrected chi connectivity index (χ1v) is 10.3. The van der Waals surface area contributed by atoms with E-state index in [4.69, 9.17) is 4.74 Å². The van der Waals surface area contributed by atoms with Crippen molar-refractivity contribution >= 4 is 41.9 Å². The lowest BCUT2D eigenvalue weighted by Crippen LogP contribution is -2.48. The quantitative estimate of drug-likeness (QED) is 0.206. The molecular formula is C20H40IN5O3. The summed E-state index contributed by atoms with van der Waals surface area (Å²) in [6.45, 7) is 8.68. The van der Waals surface area contributed by atoms with Crippen LogP contribution in [0.2, 0.25) is 0 Å². The highest BCUT2D eigenvalue weighted by Gasteiger charge is 2.25. The molecule has 1 rings (SSSR count). The predicted molar refractivity (Wildman–Crippen MR) is 128 cm³/mol. The van der Waals surface area contributed by atoms with Crippen LogP contribution in [0.4, 0.5) is 4.79 Å². The molecule has 1 fully saturated rings. The number of nitrogens with zero attached hydrogens (tertiary/aromatic N) is 2. The minimum absolute atomic E-state index is 0. The van der Waals surface area contributed by atoms with Crippen LogP contribution >= 0.6 is 24.0 Å². The van der Waals surface area contributed by atoms with Crippen LogP contribution in [0, 0.1) is 0 Å². The molecule has 0 saturated heterocycles. The van der Waals surface area contributed by atoms with E-state index < -0.39 is 5.60 Å². The van der Waals surface area contributed by atoms with Gasteiger partial charge in [-0.05, 0) is 52.9 Å². The number of hydrogen-bond acceptors (Lipinski definition) is 4. The molecule has 3 N–H and O–H groups in total. The van der Waals surface area contributed by atoms with Gasteiger partial charge in [-0.1, -0.05) is 13.3 Å². The average molecular weight is 525 g/mol. The first-order valence-electron chi connectivity index (χ1n) is 10.3. The molecule has 1 aliphatic rings. The van der Waals surface area contributed by atoms with E-state index in [-0.39, 0.29) is 54.6 Å². The van der Waals surface area contributed by atoms with Crippen molar-refractivity contribution in [3.8, 4) is 0 Å². The lowest BCUT2D eigenvalue weighted by Gasteiger charge is -2.31. The maximum Gasteiger partial charge on any atom is 0.407 e. The summed E-state index contributed by atoms with van der Waals surface area (Å²) in [6, 6.07) is 0.413. The van der Waals surface area contributed by atoms with Gasteiger partial charge >= 0.3 is 6.09 Å². The third-order valence-corrected chi connectivity index (χ3v) is 4.48. The number of carbonyl (C=O) groups excluding carboxylic acids is 2. The van der Waals surface area contributed by atoms with E-state index >= 15 is 0 Å². The van der Waals surface area contributed by atoms with Gasteiger partial charge in [-0.3, -0.25) is 4.79 Å². The smallest absolute Gasteiger partial charge is 0.407 e. The number of hydrogen-bond donors (Lipinski definition) is 3. The van der Waals surface area contributed by atoms with Gasteiger partial charge in [0.05, 0.1) is 0 Å². The first kappa shape index (κ1) is 27.7. The molecular weight excluding hydrogens is 485 g/mol. The molecule has 0 aromatic rings. The fourth-order valence-corrected chi connectivity index (χ4v) is 2.87. The van der Waals surface area contributed by atoms with E-state index in [1.165, 1.54) is 0 Å². The van der Waals surface area contributed by atoms with E-state index in [1.807, 2.05) is 20.8 Å². The Morgan fingerprint density at radius 2 is 1.62 bits per heavy atom. The van der Waals surface area contributed by atoms with Gasteiger partial charge in [0.25, 0.3) is 0 Å². The molecule has 1 saturated carbocycles. The second kappa shape index (κ2) is 13.9. The number of aliphatic imine (C=N–C) groups is 1. The van der Waals surface area contributed by atoms with Crippen molar-refractivity contribution in [1.82, 2.24) is 20.9 Å². The number of alkyl carbamates (subject to hydrolysis) is 1. The van der Waals surface area contributed by atoms with Gasteiger partial charge in [-0.25, -0.2) is 9.79 Å². The standard InChI is InChI=1S/C20H39N5O3.HI/c1-7-8-13-21-18(22-14-17(26)25(5)6)23-15-9-11-16(12-10-15)24-19(27)28-20(2,3)4;/h15-16H,7-14H2,1-6H3,(H,24,27)(H2,21,22,23);1H. The number of halogens is 1. The molecule has 1 aliphatic carbocycles. The van der Waals surface area contributed by atoms with Gasteiger partial charge in [-0.2, -0.15) is 0 Å². The molecule has 0 heterocycles. The topological polar surface area (TPSA) is 95.1 Å². The van der Waals surface area contributed by atoms with Crippen LogP contribution in [-0.4, -0.2) is 67.7 Å².